The van der Waals surface area contributed by atoms with E-state index in [1.807, 2.05) is 71.0 Å². The van der Waals surface area contributed by atoms with Crippen LogP contribution in [0.3, 0.4) is 0 Å². The Balaban J connectivity index is 1.80. The van der Waals surface area contributed by atoms with E-state index in [0.29, 0.717) is 12.1 Å². The molecular formula is C22H26N2O3S. The Kier molecular flexibility index (Phi) is 5.89. The van der Waals surface area contributed by atoms with E-state index in [0.717, 1.165) is 27.1 Å². The number of aryl methyl sites for hydroxylation is 1. The number of nitrogens with zero attached hydrogens (tertiary/aromatic N) is 1. The normalized spacial score (nSPS) is 12.4. The first-order chi connectivity index (χ1) is 13.3. The summed E-state index contributed by atoms with van der Waals surface area (Å²) in [6.45, 7) is 9.91. The second-order valence-corrected chi connectivity index (χ2v) is 8.21. The van der Waals surface area contributed by atoms with E-state index >= 15 is 0 Å². The minimum absolute atomic E-state index is 0.0122. The van der Waals surface area contributed by atoms with Gasteiger partial charge in [0.1, 0.15) is 5.75 Å². The largest absolute Gasteiger partial charge is 0.480 e. The van der Waals surface area contributed by atoms with Crippen molar-refractivity contribution in [3.8, 4) is 5.75 Å². The molecule has 0 saturated heterocycles. The van der Waals surface area contributed by atoms with Crippen LogP contribution < -0.4 is 14.9 Å². The maximum Gasteiger partial charge on any atom is 0.308 e. The summed E-state index contributed by atoms with van der Waals surface area (Å²) in [5, 5.41) is 2.93. The lowest BCUT2D eigenvalue weighted by Crippen LogP contribution is -2.32. The van der Waals surface area contributed by atoms with Gasteiger partial charge >= 0.3 is 4.87 Å². The molecule has 0 aliphatic rings. The zero-order valence-corrected chi connectivity index (χ0v) is 17.7. The number of aromatic nitrogens is 1. The molecule has 1 N–H and O–H groups in total. The Labute approximate surface area is 169 Å². The molecule has 1 amide bonds. The Morgan fingerprint density at radius 2 is 1.96 bits per heavy atom. The molecule has 2 aromatic carbocycles. The molecule has 0 fully saturated rings. The van der Waals surface area contributed by atoms with E-state index in [9.17, 15) is 9.59 Å². The molecule has 6 heteroatoms. The molecule has 3 aromatic rings. The van der Waals surface area contributed by atoms with E-state index in [4.69, 9.17) is 4.74 Å². The molecule has 5 nitrogen and oxygen atoms in total. The van der Waals surface area contributed by atoms with E-state index in [-0.39, 0.29) is 16.8 Å². The Morgan fingerprint density at radius 1 is 1.21 bits per heavy atom. The number of nitrogens with one attached hydrogen (secondary N) is 1. The zero-order chi connectivity index (χ0) is 20.4. The van der Waals surface area contributed by atoms with E-state index in [1.165, 1.54) is 11.3 Å². The number of thiazole rings is 1. The standard InChI is InChI=1S/C22H26N2O3S/c1-6-18(27-19-9-7-8-14(4)15(19)5)21(25)23-16-10-11-17-20(12-16)28-22(26)24(17)13(2)3/h7-13,18H,6H2,1-5H3,(H,23,25)/t18-/m0/s1. The van der Waals surface area contributed by atoms with Gasteiger partial charge < -0.3 is 10.1 Å². The molecule has 3 rings (SSSR count). The predicted octanol–water partition coefficient (Wildman–Crippen LogP) is 5.06. The van der Waals surface area contributed by atoms with Crippen LogP contribution in [0.25, 0.3) is 10.2 Å². The highest BCUT2D eigenvalue weighted by Crippen LogP contribution is 2.25. The van der Waals surface area contributed by atoms with Crippen molar-refractivity contribution in [2.24, 2.45) is 0 Å². The summed E-state index contributed by atoms with van der Waals surface area (Å²) in [6, 6.07) is 11.5. The molecule has 0 bridgehead atoms. The summed E-state index contributed by atoms with van der Waals surface area (Å²) in [5.74, 6) is 0.531. The lowest BCUT2D eigenvalue weighted by Gasteiger charge is -2.19. The molecule has 0 spiro atoms. The quantitative estimate of drug-likeness (QED) is 0.631. The number of hydrogen-bond acceptors (Lipinski definition) is 4. The molecule has 148 valence electrons. The number of anilines is 1. The van der Waals surface area contributed by atoms with Crippen molar-refractivity contribution >= 4 is 33.1 Å². The molecule has 0 unspecified atom stereocenters. The second-order valence-electron chi connectivity index (χ2n) is 7.22. The summed E-state index contributed by atoms with van der Waals surface area (Å²) in [4.78, 5) is 25.0. The highest BCUT2D eigenvalue weighted by atomic mass is 32.1. The molecule has 28 heavy (non-hydrogen) atoms. The second kappa shape index (κ2) is 8.19. The summed E-state index contributed by atoms with van der Waals surface area (Å²) in [5.41, 5.74) is 3.72. The molecule has 1 heterocycles. The Morgan fingerprint density at radius 3 is 2.64 bits per heavy atom. The summed E-state index contributed by atoms with van der Waals surface area (Å²) in [6.07, 6.45) is -0.0337. The van der Waals surface area contributed by atoms with Gasteiger partial charge in [-0.2, -0.15) is 0 Å². The lowest BCUT2D eigenvalue weighted by molar-refractivity contribution is -0.122. The van der Waals surface area contributed by atoms with Crippen LogP contribution in [0.1, 0.15) is 44.4 Å². The molecule has 0 aliphatic carbocycles. The Hall–Kier alpha value is -2.60. The van der Waals surface area contributed by atoms with Crippen molar-refractivity contribution in [1.82, 2.24) is 4.57 Å². The fourth-order valence-electron chi connectivity index (χ4n) is 3.15. The average Bonchev–Trinajstić information content (AvgIpc) is 2.97. The van der Waals surface area contributed by atoms with E-state index < -0.39 is 6.10 Å². The van der Waals surface area contributed by atoms with Gasteiger partial charge in [-0.15, -0.1) is 0 Å². The number of amides is 1. The highest BCUT2D eigenvalue weighted by Gasteiger charge is 2.20. The topological polar surface area (TPSA) is 60.3 Å². The predicted molar refractivity (Wildman–Crippen MR) is 116 cm³/mol. The first-order valence-corrected chi connectivity index (χ1v) is 10.3. The van der Waals surface area contributed by atoms with Gasteiger partial charge in [0.05, 0.1) is 10.2 Å². The minimum Gasteiger partial charge on any atom is -0.480 e. The van der Waals surface area contributed by atoms with Crippen LogP contribution in [0.15, 0.2) is 41.2 Å². The van der Waals surface area contributed by atoms with Gasteiger partial charge in [0, 0.05) is 11.7 Å². The van der Waals surface area contributed by atoms with Crippen LogP contribution in [0, 0.1) is 13.8 Å². The van der Waals surface area contributed by atoms with Gasteiger partial charge in [0.15, 0.2) is 6.10 Å². The van der Waals surface area contributed by atoms with Crippen molar-refractivity contribution in [1.29, 1.82) is 0 Å². The molecular weight excluding hydrogens is 372 g/mol. The SMILES string of the molecule is CC[C@H](Oc1cccc(C)c1C)C(=O)Nc1ccc2c(c1)sc(=O)n2C(C)C. The summed E-state index contributed by atoms with van der Waals surface area (Å²) >= 11 is 1.19. The van der Waals surface area contributed by atoms with E-state index in [2.05, 4.69) is 5.32 Å². The number of carbonyl (C=O) groups is 1. The number of rotatable bonds is 6. The number of carbonyl (C=O) groups excluding carboxylic acids is 1. The van der Waals surface area contributed by atoms with Crippen LogP contribution in [0.5, 0.6) is 5.75 Å². The minimum atomic E-state index is -0.588. The van der Waals surface area contributed by atoms with Crippen molar-refractivity contribution < 1.29 is 9.53 Å². The van der Waals surface area contributed by atoms with Gasteiger partial charge in [0.2, 0.25) is 0 Å². The first kappa shape index (κ1) is 20.1. The van der Waals surface area contributed by atoms with Crippen molar-refractivity contribution in [3.05, 3.63) is 57.2 Å². The van der Waals surface area contributed by atoms with Crippen LogP contribution in [-0.2, 0) is 4.79 Å². The van der Waals surface area contributed by atoms with Gasteiger partial charge in [0.25, 0.3) is 5.91 Å². The first-order valence-electron chi connectivity index (χ1n) is 9.50. The van der Waals surface area contributed by atoms with Crippen LogP contribution in [-0.4, -0.2) is 16.6 Å². The fourth-order valence-corrected chi connectivity index (χ4v) is 4.21. The molecule has 0 aliphatic heterocycles. The molecule has 1 atom stereocenters. The average molecular weight is 399 g/mol. The molecule has 0 radical (unpaired) electrons. The number of fused-ring (bicyclic) bond motifs is 1. The number of benzene rings is 2. The van der Waals surface area contributed by atoms with E-state index in [1.54, 1.807) is 4.57 Å². The molecule has 0 saturated carbocycles. The highest BCUT2D eigenvalue weighted by molar-refractivity contribution is 7.16. The third kappa shape index (κ3) is 3.97. The van der Waals surface area contributed by atoms with Gasteiger partial charge in [-0.05, 0) is 69.5 Å². The van der Waals surface area contributed by atoms with Gasteiger partial charge in [-0.3, -0.25) is 14.2 Å². The fraction of sp³-hybridized carbons (Fsp3) is 0.364. The van der Waals surface area contributed by atoms with Crippen molar-refractivity contribution in [2.75, 3.05) is 5.32 Å². The van der Waals surface area contributed by atoms with Crippen LogP contribution in [0.4, 0.5) is 5.69 Å². The maximum atomic E-state index is 12.8. The lowest BCUT2D eigenvalue weighted by atomic mass is 10.1. The van der Waals surface area contributed by atoms with Gasteiger partial charge in [-0.1, -0.05) is 30.4 Å². The summed E-state index contributed by atoms with van der Waals surface area (Å²) in [7, 11) is 0. The third-order valence-corrected chi connectivity index (χ3v) is 5.80. The van der Waals surface area contributed by atoms with Gasteiger partial charge in [-0.25, -0.2) is 0 Å². The summed E-state index contributed by atoms with van der Waals surface area (Å²) < 4.78 is 8.62. The maximum absolute atomic E-state index is 12.8. The van der Waals surface area contributed by atoms with Crippen LogP contribution in [0.2, 0.25) is 0 Å². The smallest absolute Gasteiger partial charge is 0.308 e. The van der Waals surface area contributed by atoms with Crippen LogP contribution >= 0.6 is 11.3 Å². The number of hydrogen-bond donors (Lipinski definition) is 1. The molecule has 1 aromatic heterocycles. The number of ether oxygens (including phenoxy) is 1. The van der Waals surface area contributed by atoms with Crippen molar-refractivity contribution in [3.63, 3.8) is 0 Å². The third-order valence-electron chi connectivity index (χ3n) is 4.88. The van der Waals surface area contributed by atoms with Crippen molar-refractivity contribution in [2.45, 2.75) is 53.2 Å². The monoisotopic (exact) mass is 398 g/mol. The Bertz CT molecular complexity index is 1070. The zero-order valence-electron chi connectivity index (χ0n) is 16.9.